The first-order valence-electron chi connectivity index (χ1n) is 16.7. The molecule has 1 atom stereocenters. The summed E-state index contributed by atoms with van der Waals surface area (Å²) >= 11 is 1.79. The Morgan fingerprint density at radius 3 is 1.98 bits per heavy atom. The number of hydrogen-bond acceptors (Lipinski definition) is 6. The molecule has 0 amide bonds. The zero-order chi connectivity index (χ0) is 34.4. The Morgan fingerprint density at radius 2 is 1.46 bits per heavy atom. The number of ether oxygens (including phenoxy) is 4. The normalized spacial score (nSPS) is 13.1. The minimum absolute atomic E-state index is 0.00594. The van der Waals surface area contributed by atoms with E-state index in [4.69, 9.17) is 23.4 Å². The second-order valence-electron chi connectivity index (χ2n) is 13.0. The molecule has 3 aromatic carbocycles. The average Bonchev–Trinajstić information content (AvgIpc) is 3.64. The number of unbranched alkanes of at least 4 members (excludes halogenated alkanes) is 1. The zero-order valence-electron chi connectivity index (χ0n) is 29.7. The van der Waals surface area contributed by atoms with E-state index < -0.39 is 8.32 Å². The fourth-order valence-corrected chi connectivity index (χ4v) is 11.7. The van der Waals surface area contributed by atoms with Crippen LogP contribution in [-0.2, 0) is 15.8 Å². The van der Waals surface area contributed by atoms with E-state index >= 15 is 0 Å². The van der Waals surface area contributed by atoms with Crippen molar-refractivity contribution in [2.45, 2.75) is 71.1 Å². The molecule has 4 rings (SSSR count). The molecule has 0 N–H and O–H groups in total. The van der Waals surface area contributed by atoms with E-state index in [9.17, 15) is 0 Å². The summed E-state index contributed by atoms with van der Waals surface area (Å²) in [6.45, 7) is 10.4. The van der Waals surface area contributed by atoms with E-state index in [1.807, 2.05) is 12.1 Å². The first-order valence-corrected chi connectivity index (χ1v) is 19.5. The number of methoxy groups -OCH3 is 3. The summed E-state index contributed by atoms with van der Waals surface area (Å²) in [5.41, 5.74) is 2.33. The molecule has 1 aromatic heterocycles. The van der Waals surface area contributed by atoms with Gasteiger partial charge >= 0.3 is 0 Å². The molecule has 0 aliphatic rings. The molecule has 4 aromatic rings. The standard InChI is InChI=1S/C41H52O5SSi/c1-32(19-12-8-9-17-27-45-31-33-29-37(42-5)40(44-7)38(30-33)43-6)25-26-36(39-24-18-28-47-39)46-48(41(2,3)4,34-20-13-10-14-21-34)35-22-15-11-16-23-35/h8,10-16,18-24,28-30,36H,9,17,25-27,31H2,1-7H3/b12-8+,32-19+. The van der Waals surface area contributed by atoms with Crippen LogP contribution in [0.1, 0.15) is 69.9 Å². The van der Waals surface area contributed by atoms with Crippen LogP contribution in [0.15, 0.2) is 114 Å². The lowest BCUT2D eigenvalue weighted by Gasteiger charge is -2.45. The van der Waals surface area contributed by atoms with Crippen molar-refractivity contribution in [1.29, 1.82) is 0 Å². The Labute approximate surface area is 293 Å². The molecule has 0 radical (unpaired) electrons. The molecule has 256 valence electrons. The zero-order valence-corrected chi connectivity index (χ0v) is 31.5. The van der Waals surface area contributed by atoms with Gasteiger partial charge in [0.05, 0.1) is 34.0 Å². The quantitative estimate of drug-likeness (QED) is 0.0594. The third kappa shape index (κ3) is 9.50. The SMILES string of the molecule is COc1cc(COCCC/C=C/C=C(\C)CCC(O[Si](c2ccccc2)(c2ccccc2)C(C)(C)C)c2cccs2)cc(OC)c1OC. The predicted molar refractivity (Wildman–Crippen MR) is 203 cm³/mol. The molecule has 0 bridgehead atoms. The van der Waals surface area contributed by atoms with E-state index in [2.05, 4.69) is 124 Å². The molecule has 0 aliphatic carbocycles. The molecule has 1 heterocycles. The van der Waals surface area contributed by atoms with Gasteiger partial charge in [0.15, 0.2) is 11.5 Å². The first-order chi connectivity index (χ1) is 23.2. The molecule has 0 aliphatic heterocycles. The van der Waals surface area contributed by atoms with Gasteiger partial charge in [-0.05, 0) is 77.2 Å². The second kappa shape index (κ2) is 18.2. The van der Waals surface area contributed by atoms with E-state index in [1.165, 1.54) is 20.8 Å². The first kappa shape index (κ1) is 37.2. The monoisotopic (exact) mass is 684 g/mol. The minimum Gasteiger partial charge on any atom is -0.493 e. The van der Waals surface area contributed by atoms with Crippen LogP contribution in [0.25, 0.3) is 0 Å². The van der Waals surface area contributed by atoms with Crippen molar-refractivity contribution < 1.29 is 23.4 Å². The molecule has 1 unspecified atom stereocenters. The van der Waals surface area contributed by atoms with Crippen molar-refractivity contribution >= 4 is 30.0 Å². The third-order valence-corrected chi connectivity index (χ3v) is 14.6. The van der Waals surface area contributed by atoms with Crippen molar-refractivity contribution in [3.05, 3.63) is 125 Å². The summed E-state index contributed by atoms with van der Waals surface area (Å²) in [6, 6.07) is 30.1. The van der Waals surface area contributed by atoms with Crippen molar-refractivity contribution in [2.24, 2.45) is 0 Å². The Kier molecular flexibility index (Phi) is 14.1. The summed E-state index contributed by atoms with van der Waals surface area (Å²) in [6.07, 6.45) is 10.4. The van der Waals surface area contributed by atoms with E-state index in [0.717, 1.165) is 31.2 Å². The Hall–Kier alpha value is -3.62. The Bertz CT molecular complexity index is 1510. The van der Waals surface area contributed by atoms with Gasteiger partial charge in [-0.3, -0.25) is 0 Å². The van der Waals surface area contributed by atoms with Crippen LogP contribution in [0.5, 0.6) is 17.2 Å². The lowest BCUT2D eigenvalue weighted by atomic mass is 10.1. The van der Waals surface area contributed by atoms with E-state index in [1.54, 1.807) is 32.7 Å². The van der Waals surface area contributed by atoms with Gasteiger partial charge in [-0.25, -0.2) is 0 Å². The van der Waals surface area contributed by atoms with Crippen LogP contribution >= 0.6 is 11.3 Å². The summed E-state index contributed by atoms with van der Waals surface area (Å²) in [4.78, 5) is 1.29. The van der Waals surface area contributed by atoms with Crippen LogP contribution in [0, 0.1) is 0 Å². The summed E-state index contributed by atoms with van der Waals surface area (Å²) < 4.78 is 29.8. The highest BCUT2D eigenvalue weighted by Gasteiger charge is 2.51. The number of thiophene rings is 1. The van der Waals surface area contributed by atoms with E-state index in [-0.39, 0.29) is 11.1 Å². The highest BCUT2D eigenvalue weighted by atomic mass is 32.1. The largest absolute Gasteiger partial charge is 0.493 e. The maximum atomic E-state index is 7.59. The van der Waals surface area contributed by atoms with Crippen LogP contribution in [0.4, 0.5) is 0 Å². The second-order valence-corrected chi connectivity index (χ2v) is 18.2. The molecule has 48 heavy (non-hydrogen) atoms. The fraction of sp³-hybridized carbons (Fsp3) is 0.366. The van der Waals surface area contributed by atoms with Crippen LogP contribution in [0.3, 0.4) is 0 Å². The maximum Gasteiger partial charge on any atom is 0.261 e. The van der Waals surface area contributed by atoms with Crippen molar-refractivity contribution in [2.75, 3.05) is 27.9 Å². The van der Waals surface area contributed by atoms with Gasteiger partial charge < -0.3 is 23.4 Å². The highest BCUT2D eigenvalue weighted by molar-refractivity contribution is 7.10. The smallest absolute Gasteiger partial charge is 0.261 e. The molecule has 7 heteroatoms. The van der Waals surface area contributed by atoms with Crippen LogP contribution < -0.4 is 24.6 Å². The number of rotatable bonds is 18. The van der Waals surface area contributed by atoms with Gasteiger partial charge in [-0.2, -0.15) is 0 Å². The van der Waals surface area contributed by atoms with Gasteiger partial charge in [-0.1, -0.05) is 111 Å². The van der Waals surface area contributed by atoms with Gasteiger partial charge in [0, 0.05) is 11.5 Å². The van der Waals surface area contributed by atoms with Crippen molar-refractivity contribution in [3.63, 3.8) is 0 Å². The van der Waals surface area contributed by atoms with Crippen LogP contribution in [0.2, 0.25) is 5.04 Å². The van der Waals surface area contributed by atoms with Crippen molar-refractivity contribution in [1.82, 2.24) is 0 Å². The lowest BCUT2D eigenvalue weighted by molar-refractivity contribution is 0.118. The van der Waals surface area contributed by atoms with Gasteiger partial charge in [0.1, 0.15) is 0 Å². The molecule has 0 saturated heterocycles. The summed E-state index contributed by atoms with van der Waals surface area (Å²) in [5.74, 6) is 1.86. The van der Waals surface area contributed by atoms with Crippen molar-refractivity contribution in [3.8, 4) is 17.2 Å². The number of hydrogen-bond donors (Lipinski definition) is 0. The number of allylic oxidation sites excluding steroid dienone is 4. The predicted octanol–water partition coefficient (Wildman–Crippen LogP) is 9.67. The van der Waals surface area contributed by atoms with Crippen LogP contribution in [-0.4, -0.2) is 36.3 Å². The molecule has 5 nitrogen and oxygen atoms in total. The van der Waals surface area contributed by atoms with E-state index in [0.29, 0.717) is 30.5 Å². The summed E-state index contributed by atoms with van der Waals surface area (Å²) in [7, 11) is 2.17. The highest BCUT2D eigenvalue weighted by Crippen LogP contribution is 2.42. The average molecular weight is 685 g/mol. The molecular formula is C41H52O5SSi. The number of benzene rings is 3. The molecule has 0 fully saturated rings. The Morgan fingerprint density at radius 1 is 0.833 bits per heavy atom. The maximum absolute atomic E-state index is 7.59. The topological polar surface area (TPSA) is 46.2 Å². The lowest BCUT2D eigenvalue weighted by Crippen LogP contribution is -2.66. The van der Waals surface area contributed by atoms with Gasteiger partial charge in [-0.15, -0.1) is 11.3 Å². The van der Waals surface area contributed by atoms with Gasteiger partial charge in [0.2, 0.25) is 5.75 Å². The van der Waals surface area contributed by atoms with Gasteiger partial charge in [0.25, 0.3) is 8.32 Å². The third-order valence-electron chi connectivity index (χ3n) is 8.57. The molecule has 0 saturated carbocycles. The molecular weight excluding hydrogens is 633 g/mol. The Balaban J connectivity index is 1.36. The fourth-order valence-electron chi connectivity index (χ4n) is 6.12. The minimum atomic E-state index is -2.68. The molecule has 0 spiro atoms. The summed E-state index contributed by atoms with van der Waals surface area (Å²) in [5, 5.41) is 4.72.